The van der Waals surface area contributed by atoms with Crippen LogP contribution in [-0.2, 0) is 19.6 Å². The maximum atomic E-state index is 10.9. The number of nitrogens with two attached hydrogens (primary N) is 1. The molecule has 6 nitrogen and oxygen atoms in total. The lowest BCUT2D eigenvalue weighted by Gasteiger charge is -2.10. The SMILES string of the molecule is CCc1cc(COc2ccc(C(=O)O)cc2N)n(CC)n1. The molecule has 0 fully saturated rings. The van der Waals surface area contributed by atoms with Gasteiger partial charge in [0.25, 0.3) is 0 Å². The number of ether oxygens (including phenoxy) is 1. The van der Waals surface area contributed by atoms with Crippen LogP contribution in [0.25, 0.3) is 0 Å². The molecule has 0 unspecified atom stereocenters. The minimum atomic E-state index is -1.01. The molecular formula is C15H19N3O3. The molecule has 0 atom stereocenters. The van der Waals surface area contributed by atoms with Gasteiger partial charge in [-0.2, -0.15) is 5.10 Å². The van der Waals surface area contributed by atoms with Crippen molar-refractivity contribution in [1.82, 2.24) is 9.78 Å². The van der Waals surface area contributed by atoms with Crippen molar-refractivity contribution in [1.29, 1.82) is 0 Å². The molecule has 0 saturated carbocycles. The Morgan fingerprint density at radius 3 is 2.71 bits per heavy atom. The number of hydrogen-bond donors (Lipinski definition) is 2. The van der Waals surface area contributed by atoms with Gasteiger partial charge in [0.1, 0.15) is 12.4 Å². The van der Waals surface area contributed by atoms with Crippen molar-refractivity contribution >= 4 is 11.7 Å². The minimum Gasteiger partial charge on any atom is -0.485 e. The lowest BCUT2D eigenvalue weighted by Crippen LogP contribution is -2.07. The number of hydrogen-bond acceptors (Lipinski definition) is 4. The third-order valence-electron chi connectivity index (χ3n) is 3.21. The summed E-state index contributed by atoms with van der Waals surface area (Å²) in [5.74, 6) is -0.535. The van der Waals surface area contributed by atoms with Gasteiger partial charge in [-0.25, -0.2) is 4.79 Å². The number of carboxylic acids is 1. The number of anilines is 1. The zero-order chi connectivity index (χ0) is 15.4. The Labute approximate surface area is 123 Å². The second-order valence-electron chi connectivity index (χ2n) is 4.64. The van der Waals surface area contributed by atoms with Crippen molar-refractivity contribution in [3.63, 3.8) is 0 Å². The number of aromatic nitrogens is 2. The molecule has 1 aromatic carbocycles. The number of aromatic carboxylic acids is 1. The fourth-order valence-corrected chi connectivity index (χ4v) is 2.04. The van der Waals surface area contributed by atoms with Gasteiger partial charge in [0.05, 0.1) is 22.6 Å². The van der Waals surface area contributed by atoms with E-state index in [-0.39, 0.29) is 5.56 Å². The van der Waals surface area contributed by atoms with Gasteiger partial charge in [-0.1, -0.05) is 6.92 Å². The first kappa shape index (κ1) is 14.9. The zero-order valence-electron chi connectivity index (χ0n) is 12.2. The summed E-state index contributed by atoms with van der Waals surface area (Å²) < 4.78 is 7.57. The lowest BCUT2D eigenvalue weighted by molar-refractivity contribution is 0.0697. The van der Waals surface area contributed by atoms with Crippen molar-refractivity contribution in [3.8, 4) is 5.75 Å². The summed E-state index contributed by atoms with van der Waals surface area (Å²) in [5, 5.41) is 13.3. The van der Waals surface area contributed by atoms with E-state index in [1.807, 2.05) is 17.7 Å². The van der Waals surface area contributed by atoms with Gasteiger partial charge in [-0.15, -0.1) is 0 Å². The number of aryl methyl sites for hydroxylation is 2. The van der Waals surface area contributed by atoms with Gasteiger partial charge in [-0.3, -0.25) is 4.68 Å². The first-order valence-electron chi connectivity index (χ1n) is 6.86. The van der Waals surface area contributed by atoms with Crippen molar-refractivity contribution in [2.75, 3.05) is 5.73 Å². The fourth-order valence-electron chi connectivity index (χ4n) is 2.04. The molecule has 21 heavy (non-hydrogen) atoms. The molecule has 0 aliphatic heterocycles. The van der Waals surface area contributed by atoms with Crippen LogP contribution in [0.3, 0.4) is 0 Å². The van der Waals surface area contributed by atoms with Gasteiger partial charge in [0.15, 0.2) is 0 Å². The topological polar surface area (TPSA) is 90.4 Å². The van der Waals surface area contributed by atoms with Gasteiger partial charge in [0.2, 0.25) is 0 Å². The van der Waals surface area contributed by atoms with E-state index in [2.05, 4.69) is 12.0 Å². The van der Waals surface area contributed by atoms with Crippen molar-refractivity contribution in [2.45, 2.75) is 33.4 Å². The molecule has 2 rings (SSSR count). The third kappa shape index (κ3) is 3.34. The van der Waals surface area contributed by atoms with Crippen LogP contribution in [0.15, 0.2) is 24.3 Å². The highest BCUT2D eigenvalue weighted by molar-refractivity contribution is 5.89. The lowest BCUT2D eigenvalue weighted by atomic mass is 10.2. The average molecular weight is 289 g/mol. The number of nitrogen functional groups attached to an aromatic ring is 1. The maximum Gasteiger partial charge on any atom is 0.335 e. The van der Waals surface area contributed by atoms with E-state index >= 15 is 0 Å². The Bertz CT molecular complexity index is 650. The quantitative estimate of drug-likeness (QED) is 0.796. The third-order valence-corrected chi connectivity index (χ3v) is 3.21. The molecule has 0 aliphatic rings. The molecule has 1 aromatic heterocycles. The van der Waals surface area contributed by atoms with Crippen LogP contribution in [0.1, 0.15) is 35.6 Å². The van der Waals surface area contributed by atoms with Crippen molar-refractivity contribution in [3.05, 3.63) is 41.2 Å². The summed E-state index contributed by atoms with van der Waals surface area (Å²) in [5.41, 5.74) is 8.26. The average Bonchev–Trinajstić information content (AvgIpc) is 2.88. The van der Waals surface area contributed by atoms with E-state index < -0.39 is 5.97 Å². The summed E-state index contributed by atoms with van der Waals surface area (Å²) >= 11 is 0. The maximum absolute atomic E-state index is 10.9. The molecule has 0 saturated heterocycles. The van der Waals surface area contributed by atoms with Crippen LogP contribution in [0.2, 0.25) is 0 Å². The molecule has 2 aromatic rings. The predicted octanol–water partition coefficient (Wildman–Crippen LogP) is 2.32. The molecular weight excluding hydrogens is 270 g/mol. The van der Waals surface area contributed by atoms with Crippen LogP contribution in [0.4, 0.5) is 5.69 Å². The molecule has 0 radical (unpaired) electrons. The summed E-state index contributed by atoms with van der Waals surface area (Å²) in [6.45, 7) is 5.19. The summed E-state index contributed by atoms with van der Waals surface area (Å²) in [4.78, 5) is 10.9. The Morgan fingerprint density at radius 2 is 2.14 bits per heavy atom. The highest BCUT2D eigenvalue weighted by Crippen LogP contribution is 2.23. The van der Waals surface area contributed by atoms with E-state index in [9.17, 15) is 4.79 Å². The van der Waals surface area contributed by atoms with Crippen LogP contribution >= 0.6 is 0 Å². The van der Waals surface area contributed by atoms with Crippen LogP contribution in [0.5, 0.6) is 5.75 Å². The van der Waals surface area contributed by atoms with Gasteiger partial charge < -0.3 is 15.6 Å². The highest BCUT2D eigenvalue weighted by atomic mass is 16.5. The zero-order valence-corrected chi connectivity index (χ0v) is 12.2. The molecule has 1 heterocycles. The first-order valence-corrected chi connectivity index (χ1v) is 6.86. The molecule has 0 amide bonds. The second-order valence-corrected chi connectivity index (χ2v) is 4.64. The normalized spacial score (nSPS) is 10.6. The highest BCUT2D eigenvalue weighted by Gasteiger charge is 2.10. The Morgan fingerprint density at radius 1 is 1.38 bits per heavy atom. The smallest absolute Gasteiger partial charge is 0.335 e. The van der Waals surface area contributed by atoms with Crippen LogP contribution < -0.4 is 10.5 Å². The Hall–Kier alpha value is -2.50. The van der Waals surface area contributed by atoms with E-state index in [0.29, 0.717) is 18.0 Å². The fraction of sp³-hybridized carbons (Fsp3) is 0.333. The summed E-state index contributed by atoms with van der Waals surface area (Å²) in [7, 11) is 0. The molecule has 0 aliphatic carbocycles. The standard InChI is InChI=1S/C15H19N3O3/c1-3-11-8-12(18(4-2)17-11)9-21-14-6-5-10(15(19)20)7-13(14)16/h5-8H,3-4,9,16H2,1-2H3,(H,19,20). The van der Waals surface area contributed by atoms with E-state index in [4.69, 9.17) is 15.6 Å². The first-order chi connectivity index (χ1) is 10.0. The van der Waals surface area contributed by atoms with Crippen LogP contribution in [-0.4, -0.2) is 20.9 Å². The number of nitrogens with zero attached hydrogens (tertiary/aromatic N) is 2. The Kier molecular flexibility index (Phi) is 4.47. The molecule has 3 N–H and O–H groups in total. The molecule has 0 spiro atoms. The van der Waals surface area contributed by atoms with Gasteiger partial charge in [-0.05, 0) is 37.6 Å². The number of carbonyl (C=O) groups is 1. The predicted molar refractivity (Wildman–Crippen MR) is 79.4 cm³/mol. The summed E-state index contributed by atoms with van der Waals surface area (Å²) in [6, 6.07) is 6.45. The number of rotatable bonds is 6. The van der Waals surface area contributed by atoms with E-state index in [0.717, 1.165) is 24.4 Å². The van der Waals surface area contributed by atoms with Gasteiger partial charge in [0, 0.05) is 6.54 Å². The van der Waals surface area contributed by atoms with Crippen molar-refractivity contribution < 1.29 is 14.6 Å². The van der Waals surface area contributed by atoms with Gasteiger partial charge >= 0.3 is 5.97 Å². The van der Waals surface area contributed by atoms with Crippen molar-refractivity contribution in [2.24, 2.45) is 0 Å². The largest absolute Gasteiger partial charge is 0.485 e. The Balaban J connectivity index is 2.13. The number of benzene rings is 1. The molecule has 6 heteroatoms. The summed E-state index contributed by atoms with van der Waals surface area (Å²) in [6.07, 6.45) is 0.870. The second kappa shape index (κ2) is 6.30. The monoisotopic (exact) mass is 289 g/mol. The molecule has 0 bridgehead atoms. The number of carboxylic acid groups (broad SMARTS) is 1. The van der Waals surface area contributed by atoms with E-state index in [1.54, 1.807) is 6.07 Å². The van der Waals surface area contributed by atoms with E-state index in [1.165, 1.54) is 12.1 Å². The molecule has 112 valence electrons. The minimum absolute atomic E-state index is 0.145. The van der Waals surface area contributed by atoms with Crippen LogP contribution in [0, 0.1) is 0 Å².